The number of aromatic amines is 1. The van der Waals surface area contributed by atoms with Crippen LogP contribution in [-0.2, 0) is 4.84 Å². The number of hydrogen-bond donors (Lipinski definition) is 2. The van der Waals surface area contributed by atoms with Crippen LogP contribution in [0, 0.1) is 6.92 Å². The Morgan fingerprint density at radius 3 is 2.86 bits per heavy atom. The molecule has 0 aromatic carbocycles. The zero-order valence-corrected chi connectivity index (χ0v) is 8.42. The van der Waals surface area contributed by atoms with E-state index in [2.05, 4.69) is 15.0 Å². The van der Waals surface area contributed by atoms with Gasteiger partial charge < -0.3 is 14.9 Å². The molecule has 0 bridgehead atoms. The number of halogens is 1. The number of oxime groups is 1. The molecule has 0 amide bonds. The lowest BCUT2D eigenvalue weighted by Crippen LogP contribution is -2.00. The van der Waals surface area contributed by atoms with Crippen LogP contribution in [0.4, 0.5) is 0 Å². The molecule has 2 N–H and O–H groups in total. The normalized spacial score (nSPS) is 10.8. The maximum Gasteiger partial charge on any atom is 0.353 e. The fourth-order valence-corrected chi connectivity index (χ4v) is 1.21. The van der Waals surface area contributed by atoms with Gasteiger partial charge in [-0.3, -0.25) is 0 Å². The van der Waals surface area contributed by atoms with Crippen molar-refractivity contribution in [1.82, 2.24) is 4.98 Å². The first kappa shape index (κ1) is 10.6. The molecule has 0 aliphatic heterocycles. The van der Waals surface area contributed by atoms with Crippen LogP contribution in [0.1, 0.15) is 21.7 Å². The van der Waals surface area contributed by atoms with Crippen molar-refractivity contribution in [3.8, 4) is 0 Å². The van der Waals surface area contributed by atoms with Gasteiger partial charge >= 0.3 is 5.97 Å². The first-order chi connectivity index (χ1) is 6.57. The summed E-state index contributed by atoms with van der Waals surface area (Å²) >= 11 is 5.85. The summed E-state index contributed by atoms with van der Waals surface area (Å²) in [6.45, 7) is 1.68. The number of carboxylic acids is 1. The molecule has 1 heterocycles. The lowest BCUT2D eigenvalue weighted by molar-refractivity contribution is 0.0691. The van der Waals surface area contributed by atoms with Crippen molar-refractivity contribution in [2.75, 3.05) is 7.11 Å². The summed E-state index contributed by atoms with van der Waals surface area (Å²) in [5.41, 5.74) is 0.911. The Morgan fingerprint density at radius 2 is 2.36 bits per heavy atom. The molecule has 0 aliphatic rings. The van der Waals surface area contributed by atoms with Gasteiger partial charge in [0.2, 0.25) is 0 Å². The SMILES string of the molecule is CO/N=C/c1c(C(=O)O)[nH]c(C)c1Cl. The second-order valence-electron chi connectivity index (χ2n) is 2.57. The molecular formula is C8H9ClN2O3. The Kier molecular flexibility index (Phi) is 3.14. The van der Waals surface area contributed by atoms with Crippen LogP contribution in [0.15, 0.2) is 5.16 Å². The first-order valence-electron chi connectivity index (χ1n) is 3.75. The monoisotopic (exact) mass is 216 g/mol. The Labute approximate surface area is 85.3 Å². The molecule has 0 aliphatic carbocycles. The van der Waals surface area contributed by atoms with Crippen LogP contribution in [-0.4, -0.2) is 29.4 Å². The van der Waals surface area contributed by atoms with E-state index in [0.29, 0.717) is 16.3 Å². The standard InChI is InChI=1S/C8H9ClN2O3/c1-4-6(9)5(3-10-14-2)7(11-4)8(12)13/h3,11H,1-2H3,(H,12,13)/b10-3+. The molecule has 0 unspecified atom stereocenters. The van der Waals surface area contributed by atoms with Crippen LogP contribution in [0.3, 0.4) is 0 Å². The summed E-state index contributed by atoms with van der Waals surface area (Å²) in [6.07, 6.45) is 1.26. The van der Waals surface area contributed by atoms with Gasteiger partial charge in [-0.2, -0.15) is 0 Å². The molecule has 76 valence electrons. The first-order valence-corrected chi connectivity index (χ1v) is 4.13. The van der Waals surface area contributed by atoms with Crippen LogP contribution >= 0.6 is 11.6 Å². The predicted molar refractivity (Wildman–Crippen MR) is 52.1 cm³/mol. The number of nitrogens with one attached hydrogen (secondary N) is 1. The molecule has 14 heavy (non-hydrogen) atoms. The lowest BCUT2D eigenvalue weighted by Gasteiger charge is -1.92. The fraction of sp³-hybridized carbons (Fsp3) is 0.250. The number of rotatable bonds is 3. The number of hydrogen-bond acceptors (Lipinski definition) is 3. The van der Waals surface area contributed by atoms with Crippen molar-refractivity contribution in [3.63, 3.8) is 0 Å². The summed E-state index contributed by atoms with van der Waals surface area (Å²) in [6, 6.07) is 0. The molecule has 0 saturated heterocycles. The van der Waals surface area contributed by atoms with E-state index in [-0.39, 0.29) is 5.69 Å². The summed E-state index contributed by atoms with van der Waals surface area (Å²) in [4.78, 5) is 17.8. The van der Waals surface area contributed by atoms with Gasteiger partial charge in [-0.15, -0.1) is 0 Å². The topological polar surface area (TPSA) is 74.7 Å². The van der Waals surface area contributed by atoms with Gasteiger partial charge in [0.05, 0.1) is 11.2 Å². The van der Waals surface area contributed by atoms with Crippen LogP contribution in [0.5, 0.6) is 0 Å². The van der Waals surface area contributed by atoms with Crippen LogP contribution in [0.25, 0.3) is 0 Å². The summed E-state index contributed by atoms with van der Waals surface area (Å²) in [7, 11) is 1.37. The summed E-state index contributed by atoms with van der Waals surface area (Å²) in [5.74, 6) is -1.09. The smallest absolute Gasteiger partial charge is 0.353 e. The van der Waals surface area contributed by atoms with Crippen molar-refractivity contribution >= 4 is 23.8 Å². The molecular weight excluding hydrogens is 208 g/mol. The predicted octanol–water partition coefficient (Wildman–Crippen LogP) is 1.66. The molecule has 0 spiro atoms. The molecule has 5 nitrogen and oxygen atoms in total. The third kappa shape index (κ3) is 1.88. The lowest BCUT2D eigenvalue weighted by atomic mass is 10.2. The van der Waals surface area contributed by atoms with Gasteiger partial charge in [-0.1, -0.05) is 16.8 Å². The van der Waals surface area contributed by atoms with E-state index < -0.39 is 5.97 Å². The minimum Gasteiger partial charge on any atom is -0.477 e. The number of H-pyrrole nitrogens is 1. The Balaban J connectivity index is 3.23. The maximum absolute atomic E-state index is 10.8. The highest BCUT2D eigenvalue weighted by molar-refractivity contribution is 6.34. The number of nitrogens with zero attached hydrogens (tertiary/aromatic N) is 1. The van der Waals surface area contributed by atoms with Crippen molar-refractivity contribution in [1.29, 1.82) is 0 Å². The highest BCUT2D eigenvalue weighted by Gasteiger charge is 2.17. The highest BCUT2D eigenvalue weighted by atomic mass is 35.5. The van der Waals surface area contributed by atoms with E-state index >= 15 is 0 Å². The zero-order chi connectivity index (χ0) is 10.7. The number of aryl methyl sites for hydroxylation is 1. The largest absolute Gasteiger partial charge is 0.477 e. The quantitative estimate of drug-likeness (QED) is 0.596. The van der Waals surface area contributed by atoms with Gasteiger partial charge in [-0.25, -0.2) is 4.79 Å². The zero-order valence-electron chi connectivity index (χ0n) is 7.67. The third-order valence-electron chi connectivity index (χ3n) is 1.65. The molecule has 0 radical (unpaired) electrons. The van der Waals surface area contributed by atoms with E-state index in [1.54, 1.807) is 6.92 Å². The molecule has 0 fully saturated rings. The van der Waals surface area contributed by atoms with Crippen molar-refractivity contribution in [3.05, 3.63) is 22.0 Å². The molecule has 0 saturated carbocycles. The molecule has 1 aromatic heterocycles. The average molecular weight is 217 g/mol. The van der Waals surface area contributed by atoms with Gasteiger partial charge in [0.25, 0.3) is 0 Å². The van der Waals surface area contributed by atoms with Crippen LogP contribution in [0.2, 0.25) is 5.02 Å². The molecule has 0 atom stereocenters. The molecule has 1 rings (SSSR count). The van der Waals surface area contributed by atoms with Crippen molar-refractivity contribution in [2.24, 2.45) is 5.16 Å². The van der Waals surface area contributed by atoms with E-state index in [1.807, 2.05) is 0 Å². The number of carboxylic acid groups (broad SMARTS) is 1. The maximum atomic E-state index is 10.8. The van der Waals surface area contributed by atoms with Crippen molar-refractivity contribution < 1.29 is 14.7 Å². The van der Waals surface area contributed by atoms with E-state index in [4.69, 9.17) is 16.7 Å². The summed E-state index contributed by atoms with van der Waals surface area (Å²) in [5, 5.41) is 12.6. The molecule has 6 heteroatoms. The highest BCUT2D eigenvalue weighted by Crippen LogP contribution is 2.22. The van der Waals surface area contributed by atoms with E-state index in [9.17, 15) is 4.79 Å². The Hall–Kier alpha value is -1.49. The Morgan fingerprint density at radius 1 is 1.71 bits per heavy atom. The van der Waals surface area contributed by atoms with Gasteiger partial charge in [0.1, 0.15) is 12.8 Å². The number of carbonyl (C=O) groups is 1. The summed E-state index contributed by atoms with van der Waals surface area (Å²) < 4.78 is 0. The second-order valence-corrected chi connectivity index (χ2v) is 2.95. The van der Waals surface area contributed by atoms with Crippen molar-refractivity contribution in [2.45, 2.75) is 6.92 Å². The van der Waals surface area contributed by atoms with E-state index in [1.165, 1.54) is 13.3 Å². The molecule has 1 aromatic rings. The minimum atomic E-state index is -1.09. The number of aromatic carboxylic acids is 1. The minimum absolute atomic E-state index is 0.00769. The van der Waals surface area contributed by atoms with Gasteiger partial charge in [0.15, 0.2) is 0 Å². The fourth-order valence-electron chi connectivity index (χ4n) is 1.02. The average Bonchev–Trinajstić information content (AvgIpc) is 2.41. The second kappa shape index (κ2) is 4.15. The van der Waals surface area contributed by atoms with Gasteiger partial charge in [-0.05, 0) is 6.92 Å². The van der Waals surface area contributed by atoms with Gasteiger partial charge in [0, 0.05) is 11.3 Å². The van der Waals surface area contributed by atoms with Crippen LogP contribution < -0.4 is 0 Å². The third-order valence-corrected chi connectivity index (χ3v) is 2.14. The number of aromatic nitrogens is 1. The van der Waals surface area contributed by atoms with E-state index in [0.717, 1.165) is 0 Å². The Bertz CT molecular complexity index is 384.